The quantitative estimate of drug-likeness (QED) is 0.729. The standard InChI is InChI=1S/C13H13N5/c14-12-11-10(17-18-13(11)16-8-15-12)7-6-9-4-2-1-3-5-9/h1-5,8H,6-7H2,(H3,14,15,16,17,18). The van der Waals surface area contributed by atoms with Crippen LogP contribution in [-0.2, 0) is 12.8 Å². The van der Waals surface area contributed by atoms with Crippen LogP contribution in [0.1, 0.15) is 11.3 Å². The molecule has 5 nitrogen and oxygen atoms in total. The largest absolute Gasteiger partial charge is 0.383 e. The van der Waals surface area contributed by atoms with Crippen molar-refractivity contribution < 1.29 is 0 Å². The molecule has 18 heavy (non-hydrogen) atoms. The molecule has 0 saturated carbocycles. The minimum Gasteiger partial charge on any atom is -0.383 e. The van der Waals surface area contributed by atoms with Gasteiger partial charge in [-0.3, -0.25) is 5.10 Å². The normalized spacial score (nSPS) is 10.9. The number of aryl methyl sites for hydroxylation is 2. The van der Waals surface area contributed by atoms with Crippen molar-refractivity contribution in [1.29, 1.82) is 0 Å². The lowest BCUT2D eigenvalue weighted by Crippen LogP contribution is -1.96. The molecule has 0 saturated heterocycles. The van der Waals surface area contributed by atoms with Crippen molar-refractivity contribution in [1.82, 2.24) is 20.2 Å². The summed E-state index contributed by atoms with van der Waals surface area (Å²) in [6.07, 6.45) is 3.21. The Balaban J connectivity index is 1.87. The highest BCUT2D eigenvalue weighted by Crippen LogP contribution is 2.19. The first-order chi connectivity index (χ1) is 8.84. The summed E-state index contributed by atoms with van der Waals surface area (Å²) in [6, 6.07) is 10.3. The van der Waals surface area contributed by atoms with E-state index in [9.17, 15) is 0 Å². The molecule has 0 amide bonds. The lowest BCUT2D eigenvalue weighted by atomic mass is 10.1. The summed E-state index contributed by atoms with van der Waals surface area (Å²) in [5.74, 6) is 0.483. The second-order valence-corrected chi connectivity index (χ2v) is 4.15. The molecule has 0 unspecified atom stereocenters. The van der Waals surface area contributed by atoms with Crippen LogP contribution in [0.3, 0.4) is 0 Å². The lowest BCUT2D eigenvalue weighted by molar-refractivity contribution is 0.900. The van der Waals surface area contributed by atoms with Crippen LogP contribution in [0, 0.1) is 0 Å². The van der Waals surface area contributed by atoms with Gasteiger partial charge in [-0.1, -0.05) is 30.3 Å². The van der Waals surface area contributed by atoms with Gasteiger partial charge < -0.3 is 5.73 Å². The van der Waals surface area contributed by atoms with E-state index in [1.165, 1.54) is 11.9 Å². The van der Waals surface area contributed by atoms with Gasteiger partial charge >= 0.3 is 0 Å². The van der Waals surface area contributed by atoms with E-state index in [0.29, 0.717) is 11.5 Å². The molecule has 3 aromatic rings. The first kappa shape index (κ1) is 10.7. The molecule has 0 radical (unpaired) electrons. The first-order valence-electron chi connectivity index (χ1n) is 5.82. The molecule has 2 heterocycles. The number of nitrogens with two attached hydrogens (primary N) is 1. The number of aromatic nitrogens is 4. The molecule has 0 bridgehead atoms. The van der Waals surface area contributed by atoms with Crippen molar-refractivity contribution in [3.8, 4) is 0 Å². The summed E-state index contributed by atoms with van der Waals surface area (Å²) in [6.45, 7) is 0. The maximum atomic E-state index is 5.86. The van der Waals surface area contributed by atoms with Crippen LogP contribution >= 0.6 is 0 Å². The zero-order valence-electron chi connectivity index (χ0n) is 9.80. The van der Waals surface area contributed by atoms with Gasteiger partial charge in [0.15, 0.2) is 5.65 Å². The number of H-pyrrole nitrogens is 1. The summed E-state index contributed by atoms with van der Waals surface area (Å²) in [5.41, 5.74) is 8.77. The predicted molar refractivity (Wildman–Crippen MR) is 69.9 cm³/mol. The number of benzene rings is 1. The number of fused-ring (bicyclic) bond motifs is 1. The number of hydrogen-bond acceptors (Lipinski definition) is 4. The Morgan fingerprint density at radius 2 is 1.89 bits per heavy atom. The molecule has 0 aliphatic carbocycles. The fourth-order valence-electron chi connectivity index (χ4n) is 2.03. The van der Waals surface area contributed by atoms with Crippen LogP contribution in [0.15, 0.2) is 36.7 Å². The molecule has 3 N–H and O–H groups in total. The van der Waals surface area contributed by atoms with Crippen molar-refractivity contribution >= 4 is 16.9 Å². The maximum absolute atomic E-state index is 5.86. The van der Waals surface area contributed by atoms with Gasteiger partial charge in [0.05, 0.1) is 5.39 Å². The maximum Gasteiger partial charge on any atom is 0.186 e. The van der Waals surface area contributed by atoms with Gasteiger partial charge in [-0.15, -0.1) is 0 Å². The molecular formula is C13H13N5. The fraction of sp³-hybridized carbons (Fsp3) is 0.154. The van der Waals surface area contributed by atoms with E-state index in [-0.39, 0.29) is 0 Å². The zero-order chi connectivity index (χ0) is 12.4. The topological polar surface area (TPSA) is 80.5 Å². The number of rotatable bonds is 3. The van der Waals surface area contributed by atoms with Crippen LogP contribution < -0.4 is 5.73 Å². The third-order valence-electron chi connectivity index (χ3n) is 2.96. The monoisotopic (exact) mass is 239 g/mol. The van der Waals surface area contributed by atoms with Gasteiger partial charge in [0.2, 0.25) is 0 Å². The third kappa shape index (κ3) is 1.90. The van der Waals surface area contributed by atoms with Gasteiger partial charge in [0, 0.05) is 5.69 Å². The summed E-state index contributed by atoms with van der Waals surface area (Å²) in [4.78, 5) is 8.09. The average molecular weight is 239 g/mol. The molecule has 0 fully saturated rings. The first-order valence-corrected chi connectivity index (χ1v) is 5.82. The highest BCUT2D eigenvalue weighted by Gasteiger charge is 2.10. The Hall–Kier alpha value is -2.43. The molecule has 1 aromatic carbocycles. The van der Waals surface area contributed by atoms with Gasteiger partial charge in [-0.25, -0.2) is 9.97 Å². The predicted octanol–water partition coefficient (Wildman–Crippen LogP) is 1.72. The van der Waals surface area contributed by atoms with Crippen molar-refractivity contribution in [3.05, 3.63) is 47.9 Å². The highest BCUT2D eigenvalue weighted by atomic mass is 15.2. The van der Waals surface area contributed by atoms with E-state index < -0.39 is 0 Å². The van der Waals surface area contributed by atoms with Crippen molar-refractivity contribution in [3.63, 3.8) is 0 Å². The minimum atomic E-state index is 0.483. The number of anilines is 1. The van der Waals surface area contributed by atoms with Gasteiger partial charge in [-0.2, -0.15) is 5.10 Å². The molecule has 0 aliphatic heterocycles. The van der Waals surface area contributed by atoms with Crippen molar-refractivity contribution in [2.24, 2.45) is 0 Å². The molecule has 0 spiro atoms. The smallest absolute Gasteiger partial charge is 0.186 e. The third-order valence-corrected chi connectivity index (χ3v) is 2.96. The summed E-state index contributed by atoms with van der Waals surface area (Å²) >= 11 is 0. The lowest BCUT2D eigenvalue weighted by Gasteiger charge is -2.01. The summed E-state index contributed by atoms with van der Waals surface area (Å²) in [5, 5.41) is 7.97. The SMILES string of the molecule is Nc1ncnc2n[nH]c(CCc3ccccc3)c12. The van der Waals surface area contributed by atoms with Gasteiger partial charge in [0.25, 0.3) is 0 Å². The molecule has 0 aliphatic rings. The Bertz CT molecular complexity index is 659. The van der Waals surface area contributed by atoms with Crippen LogP contribution in [-0.4, -0.2) is 20.2 Å². The van der Waals surface area contributed by atoms with E-state index >= 15 is 0 Å². The molecule has 90 valence electrons. The van der Waals surface area contributed by atoms with E-state index in [0.717, 1.165) is 23.9 Å². The highest BCUT2D eigenvalue weighted by molar-refractivity contribution is 5.87. The van der Waals surface area contributed by atoms with Gasteiger partial charge in [-0.05, 0) is 18.4 Å². The molecule has 0 atom stereocenters. The van der Waals surface area contributed by atoms with E-state index in [1.54, 1.807) is 0 Å². The second-order valence-electron chi connectivity index (χ2n) is 4.15. The van der Waals surface area contributed by atoms with Crippen molar-refractivity contribution in [2.45, 2.75) is 12.8 Å². The van der Waals surface area contributed by atoms with E-state index in [4.69, 9.17) is 5.73 Å². The number of aromatic amines is 1. The fourth-order valence-corrected chi connectivity index (χ4v) is 2.03. The Morgan fingerprint density at radius 1 is 1.06 bits per heavy atom. The van der Waals surface area contributed by atoms with Crippen molar-refractivity contribution in [2.75, 3.05) is 5.73 Å². The van der Waals surface area contributed by atoms with E-state index in [1.807, 2.05) is 18.2 Å². The summed E-state index contributed by atoms with van der Waals surface area (Å²) < 4.78 is 0. The molecule has 2 aromatic heterocycles. The average Bonchev–Trinajstić information content (AvgIpc) is 2.82. The van der Waals surface area contributed by atoms with Gasteiger partial charge in [0.1, 0.15) is 12.1 Å². The Morgan fingerprint density at radius 3 is 2.72 bits per heavy atom. The Kier molecular flexibility index (Phi) is 2.64. The number of nitrogens with zero attached hydrogens (tertiary/aromatic N) is 3. The van der Waals surface area contributed by atoms with Crippen LogP contribution in [0.5, 0.6) is 0 Å². The number of nitrogens with one attached hydrogen (secondary N) is 1. The number of nitrogen functional groups attached to an aromatic ring is 1. The molecular weight excluding hydrogens is 226 g/mol. The minimum absolute atomic E-state index is 0.483. The van der Waals surface area contributed by atoms with Crippen LogP contribution in [0.25, 0.3) is 11.0 Å². The molecule has 3 rings (SSSR count). The summed E-state index contributed by atoms with van der Waals surface area (Å²) in [7, 11) is 0. The number of hydrogen-bond donors (Lipinski definition) is 2. The van der Waals surface area contributed by atoms with Crippen LogP contribution in [0.2, 0.25) is 0 Å². The Labute approximate surface area is 104 Å². The van der Waals surface area contributed by atoms with Crippen LogP contribution in [0.4, 0.5) is 5.82 Å². The van der Waals surface area contributed by atoms with E-state index in [2.05, 4.69) is 32.3 Å². The molecule has 5 heteroatoms. The second kappa shape index (κ2) is 4.44. The zero-order valence-corrected chi connectivity index (χ0v) is 9.80.